The van der Waals surface area contributed by atoms with Crippen LogP contribution in [0.15, 0.2) is 97.7 Å². The van der Waals surface area contributed by atoms with Crippen LogP contribution in [0.3, 0.4) is 0 Å². The van der Waals surface area contributed by atoms with Crippen LogP contribution in [0.1, 0.15) is 29.5 Å². The summed E-state index contributed by atoms with van der Waals surface area (Å²) in [5.41, 5.74) is 3.99. The number of hydrogen-bond donors (Lipinski definition) is 5. The highest BCUT2D eigenvalue weighted by atomic mass is 16.5. The van der Waals surface area contributed by atoms with Crippen LogP contribution < -0.4 is 15.4 Å². The number of aromatic nitrogens is 1. The third-order valence-electron chi connectivity index (χ3n) is 7.20. The van der Waals surface area contributed by atoms with E-state index in [1.54, 1.807) is 6.08 Å². The lowest BCUT2D eigenvalue weighted by atomic mass is 9.97. The number of para-hydroxylation sites is 1. The number of rotatable bonds is 16. The van der Waals surface area contributed by atoms with Gasteiger partial charge in [-0.05, 0) is 54.2 Å². The normalized spacial score (nSPS) is 13.2. The lowest BCUT2D eigenvalue weighted by Gasteiger charge is -2.22. The molecule has 0 aliphatic carbocycles. The lowest BCUT2D eigenvalue weighted by Crippen LogP contribution is -2.45. The predicted octanol–water partition coefficient (Wildman–Crippen LogP) is 4.07. The summed E-state index contributed by atoms with van der Waals surface area (Å²) in [5.74, 6) is -0.581. The number of fused-ring (bicyclic) bond motifs is 1. The Hall–Kier alpha value is -4.40. The maximum absolute atomic E-state index is 13.1. The highest BCUT2D eigenvalue weighted by Gasteiger charge is 2.25. The summed E-state index contributed by atoms with van der Waals surface area (Å²) in [6.45, 7) is 3.73. The van der Waals surface area contributed by atoms with Crippen molar-refractivity contribution < 1.29 is 24.5 Å². The number of aliphatic hydroxyl groups is 2. The number of aliphatic hydroxyl groups excluding tert-OH is 2. The molecule has 2 amide bonds. The second kappa shape index (κ2) is 15.6. The fourth-order valence-corrected chi connectivity index (χ4v) is 4.95. The van der Waals surface area contributed by atoms with Gasteiger partial charge in [-0.25, -0.2) is 0 Å². The molecule has 3 aromatic carbocycles. The van der Waals surface area contributed by atoms with Gasteiger partial charge in [-0.2, -0.15) is 0 Å². The molecule has 220 valence electrons. The van der Waals surface area contributed by atoms with E-state index in [-0.39, 0.29) is 31.4 Å². The summed E-state index contributed by atoms with van der Waals surface area (Å²) in [6.07, 6.45) is 4.60. The molecule has 8 nitrogen and oxygen atoms in total. The Kier molecular flexibility index (Phi) is 11.3. The van der Waals surface area contributed by atoms with Crippen LogP contribution >= 0.6 is 0 Å². The Morgan fingerprint density at radius 1 is 0.857 bits per heavy atom. The Morgan fingerprint density at radius 2 is 1.55 bits per heavy atom. The van der Waals surface area contributed by atoms with Crippen molar-refractivity contribution in [1.82, 2.24) is 15.6 Å². The molecule has 0 spiro atoms. The van der Waals surface area contributed by atoms with Crippen molar-refractivity contribution in [2.45, 2.75) is 44.4 Å². The minimum Gasteiger partial charge on any atom is -0.489 e. The third-order valence-corrected chi connectivity index (χ3v) is 7.20. The van der Waals surface area contributed by atoms with E-state index >= 15 is 0 Å². The first-order valence-electron chi connectivity index (χ1n) is 14.2. The Balaban J connectivity index is 1.28. The summed E-state index contributed by atoms with van der Waals surface area (Å²) in [5, 5.41) is 26.7. The second-order valence-electron chi connectivity index (χ2n) is 10.4. The van der Waals surface area contributed by atoms with Crippen molar-refractivity contribution in [3.05, 3.63) is 114 Å². The molecule has 4 rings (SSSR count). The van der Waals surface area contributed by atoms with Crippen molar-refractivity contribution in [2.24, 2.45) is 5.92 Å². The van der Waals surface area contributed by atoms with Crippen LogP contribution in [0.5, 0.6) is 5.75 Å². The average Bonchev–Trinajstić information content (AvgIpc) is 3.42. The van der Waals surface area contributed by atoms with E-state index in [0.717, 1.165) is 33.3 Å². The first kappa shape index (κ1) is 30.6. The van der Waals surface area contributed by atoms with Crippen LogP contribution in [-0.4, -0.2) is 52.3 Å². The van der Waals surface area contributed by atoms with E-state index in [9.17, 15) is 19.8 Å². The SMILES string of the molecule is C=CCC(CC(=O)NC(CO)Cc1ccc(OCc2ccccc2)cc1)C(=O)NC(CO)Cc1c[nH]c2ccccc12. The molecule has 0 saturated heterocycles. The highest BCUT2D eigenvalue weighted by molar-refractivity contribution is 5.86. The fourth-order valence-electron chi connectivity index (χ4n) is 4.95. The number of benzene rings is 3. The molecule has 0 bridgehead atoms. The minimum absolute atomic E-state index is 0.0636. The molecule has 3 unspecified atom stereocenters. The summed E-state index contributed by atoms with van der Waals surface area (Å²) >= 11 is 0. The molecule has 1 aromatic heterocycles. The number of carbonyl (C=O) groups excluding carboxylic acids is 2. The number of nitrogens with one attached hydrogen (secondary N) is 3. The fraction of sp³-hybridized carbons (Fsp3) is 0.294. The third kappa shape index (κ3) is 8.80. The molecule has 0 fully saturated rings. The van der Waals surface area contributed by atoms with E-state index in [1.165, 1.54) is 0 Å². The van der Waals surface area contributed by atoms with Crippen LogP contribution in [0.25, 0.3) is 10.9 Å². The summed E-state index contributed by atoms with van der Waals surface area (Å²) in [7, 11) is 0. The molecule has 0 aliphatic rings. The summed E-state index contributed by atoms with van der Waals surface area (Å²) in [4.78, 5) is 29.3. The van der Waals surface area contributed by atoms with E-state index in [0.29, 0.717) is 25.9 Å². The molecule has 1 heterocycles. The van der Waals surface area contributed by atoms with Crippen LogP contribution in [0, 0.1) is 5.92 Å². The van der Waals surface area contributed by atoms with Gasteiger partial charge in [0.15, 0.2) is 0 Å². The van der Waals surface area contributed by atoms with Gasteiger partial charge in [-0.15, -0.1) is 6.58 Å². The van der Waals surface area contributed by atoms with Crippen molar-refractivity contribution in [3.63, 3.8) is 0 Å². The molecule has 0 radical (unpaired) electrons. The van der Waals surface area contributed by atoms with Gasteiger partial charge >= 0.3 is 0 Å². The van der Waals surface area contributed by atoms with Crippen molar-refractivity contribution in [2.75, 3.05) is 13.2 Å². The van der Waals surface area contributed by atoms with Crippen molar-refractivity contribution in [3.8, 4) is 5.75 Å². The number of aromatic amines is 1. The van der Waals surface area contributed by atoms with Gasteiger partial charge in [-0.1, -0.05) is 66.7 Å². The molecular formula is C34H39N3O5. The first-order chi connectivity index (χ1) is 20.5. The Morgan fingerprint density at radius 3 is 2.26 bits per heavy atom. The van der Waals surface area contributed by atoms with Crippen LogP contribution in [0.2, 0.25) is 0 Å². The number of allylic oxidation sites excluding steroid dienone is 1. The zero-order valence-electron chi connectivity index (χ0n) is 23.7. The Labute approximate surface area is 246 Å². The van der Waals surface area contributed by atoms with Gasteiger partial charge in [0, 0.05) is 23.5 Å². The molecule has 42 heavy (non-hydrogen) atoms. The van der Waals surface area contributed by atoms with Gasteiger partial charge in [0.1, 0.15) is 12.4 Å². The molecular weight excluding hydrogens is 530 g/mol. The van der Waals surface area contributed by atoms with E-state index in [1.807, 2.05) is 85.1 Å². The number of hydrogen-bond acceptors (Lipinski definition) is 5. The van der Waals surface area contributed by atoms with Gasteiger partial charge in [-0.3, -0.25) is 9.59 Å². The monoisotopic (exact) mass is 569 g/mol. The zero-order chi connectivity index (χ0) is 29.7. The smallest absolute Gasteiger partial charge is 0.224 e. The molecule has 8 heteroatoms. The van der Waals surface area contributed by atoms with Gasteiger partial charge in [0.25, 0.3) is 0 Å². The predicted molar refractivity (Wildman–Crippen MR) is 164 cm³/mol. The molecule has 0 saturated carbocycles. The maximum atomic E-state index is 13.1. The molecule has 3 atom stereocenters. The number of amides is 2. The van der Waals surface area contributed by atoms with Gasteiger partial charge < -0.3 is 30.6 Å². The highest BCUT2D eigenvalue weighted by Crippen LogP contribution is 2.20. The second-order valence-corrected chi connectivity index (χ2v) is 10.4. The number of carbonyl (C=O) groups is 2. The van der Waals surface area contributed by atoms with Crippen LogP contribution in [0.4, 0.5) is 0 Å². The average molecular weight is 570 g/mol. The number of H-pyrrole nitrogens is 1. The molecule has 5 N–H and O–H groups in total. The first-order valence-corrected chi connectivity index (χ1v) is 14.2. The lowest BCUT2D eigenvalue weighted by molar-refractivity contribution is -0.131. The van der Waals surface area contributed by atoms with Gasteiger partial charge in [0.2, 0.25) is 11.8 Å². The molecule has 0 aliphatic heterocycles. The largest absolute Gasteiger partial charge is 0.489 e. The zero-order valence-corrected chi connectivity index (χ0v) is 23.7. The summed E-state index contributed by atoms with van der Waals surface area (Å²) < 4.78 is 5.83. The quantitative estimate of drug-likeness (QED) is 0.130. The Bertz CT molecular complexity index is 1430. The molecule has 4 aromatic rings. The minimum atomic E-state index is -0.653. The van der Waals surface area contributed by atoms with E-state index < -0.39 is 18.0 Å². The number of ether oxygens (including phenoxy) is 1. The van der Waals surface area contributed by atoms with E-state index in [2.05, 4.69) is 22.2 Å². The van der Waals surface area contributed by atoms with E-state index in [4.69, 9.17) is 4.74 Å². The standard InChI is InChI=1S/C34H39N3O5/c1-2-8-26(34(41)37-29(22-39)18-27-20-35-32-12-7-6-11-31(27)32)19-33(40)36-28(21-38)17-24-13-15-30(16-14-24)42-23-25-9-4-3-5-10-25/h2-7,9-16,20,26,28-29,35,38-39H,1,8,17-19,21-23H2,(H,36,40)(H,37,41). The van der Waals surface area contributed by atoms with Gasteiger partial charge in [0.05, 0.1) is 31.2 Å². The van der Waals surface area contributed by atoms with Crippen LogP contribution in [-0.2, 0) is 29.0 Å². The van der Waals surface area contributed by atoms with Crippen molar-refractivity contribution in [1.29, 1.82) is 0 Å². The summed E-state index contributed by atoms with van der Waals surface area (Å²) in [6, 6.07) is 24.3. The topological polar surface area (TPSA) is 124 Å². The maximum Gasteiger partial charge on any atom is 0.224 e. The van der Waals surface area contributed by atoms with Crippen molar-refractivity contribution >= 4 is 22.7 Å².